The van der Waals surface area contributed by atoms with E-state index in [1.54, 1.807) is 31.2 Å². The number of benzene rings is 2. The van der Waals surface area contributed by atoms with Crippen molar-refractivity contribution in [1.82, 2.24) is 5.32 Å². The molecule has 1 atom stereocenters. The Balaban J connectivity index is 2.09. The van der Waals surface area contributed by atoms with E-state index in [0.717, 1.165) is 16.7 Å². The zero-order valence-corrected chi connectivity index (χ0v) is 15.8. The molecule has 6 heteroatoms. The van der Waals surface area contributed by atoms with Crippen LogP contribution in [0.4, 0.5) is 5.69 Å². The Morgan fingerprint density at radius 2 is 1.72 bits per heavy atom. The summed E-state index contributed by atoms with van der Waals surface area (Å²) in [5.74, 6) is -0.193. The molecule has 0 bridgehead atoms. The van der Waals surface area contributed by atoms with Gasteiger partial charge in [-0.2, -0.15) is 0 Å². The minimum atomic E-state index is -3.32. The highest BCUT2D eigenvalue weighted by molar-refractivity contribution is 7.92. The number of hydrogen-bond acceptors (Lipinski definition) is 3. The van der Waals surface area contributed by atoms with Crippen molar-refractivity contribution in [1.29, 1.82) is 0 Å². The molecule has 0 radical (unpaired) electrons. The summed E-state index contributed by atoms with van der Waals surface area (Å²) in [5.41, 5.74) is 4.29. The quantitative estimate of drug-likeness (QED) is 0.827. The number of amides is 1. The van der Waals surface area contributed by atoms with E-state index in [0.29, 0.717) is 11.3 Å². The highest BCUT2D eigenvalue weighted by atomic mass is 32.2. The van der Waals surface area contributed by atoms with Crippen LogP contribution in [0.25, 0.3) is 0 Å². The van der Waals surface area contributed by atoms with Gasteiger partial charge in [-0.25, -0.2) is 8.42 Å². The van der Waals surface area contributed by atoms with Crippen LogP contribution in [0.3, 0.4) is 0 Å². The van der Waals surface area contributed by atoms with E-state index in [2.05, 4.69) is 16.1 Å². The first kappa shape index (κ1) is 19.0. The number of carbonyl (C=O) groups is 1. The van der Waals surface area contributed by atoms with Crippen LogP contribution in [-0.4, -0.2) is 20.1 Å². The van der Waals surface area contributed by atoms with Crippen molar-refractivity contribution in [2.24, 2.45) is 0 Å². The van der Waals surface area contributed by atoms with Crippen molar-refractivity contribution in [2.45, 2.75) is 33.7 Å². The molecule has 0 spiro atoms. The zero-order valence-electron chi connectivity index (χ0n) is 15.0. The van der Waals surface area contributed by atoms with Crippen LogP contribution in [0, 0.1) is 13.8 Å². The molecule has 2 aromatic rings. The molecule has 2 rings (SSSR count). The number of nitrogens with one attached hydrogen (secondary N) is 2. The summed E-state index contributed by atoms with van der Waals surface area (Å²) < 4.78 is 25.6. The van der Waals surface area contributed by atoms with E-state index in [-0.39, 0.29) is 17.7 Å². The maximum Gasteiger partial charge on any atom is 0.251 e. The van der Waals surface area contributed by atoms with Crippen LogP contribution in [0.1, 0.15) is 46.9 Å². The predicted octanol–water partition coefficient (Wildman–Crippen LogP) is 3.56. The van der Waals surface area contributed by atoms with Gasteiger partial charge in [0, 0.05) is 11.3 Å². The SMILES string of the molecule is CCS(=O)(=O)Nc1ccc(C(=O)N[C@H](C)c2cc(C)ccc2C)cc1. The Labute approximate surface area is 149 Å². The lowest BCUT2D eigenvalue weighted by molar-refractivity contribution is 0.0940. The second-order valence-electron chi connectivity index (χ2n) is 6.14. The molecule has 0 aliphatic carbocycles. The monoisotopic (exact) mass is 360 g/mol. The van der Waals surface area contributed by atoms with Crippen molar-refractivity contribution >= 4 is 21.6 Å². The van der Waals surface area contributed by atoms with Gasteiger partial charge < -0.3 is 5.32 Å². The lowest BCUT2D eigenvalue weighted by Crippen LogP contribution is -2.27. The summed E-state index contributed by atoms with van der Waals surface area (Å²) in [5, 5.41) is 2.98. The summed E-state index contributed by atoms with van der Waals surface area (Å²) in [6.45, 7) is 7.56. The van der Waals surface area contributed by atoms with Crippen LogP contribution < -0.4 is 10.0 Å². The van der Waals surface area contributed by atoms with E-state index in [9.17, 15) is 13.2 Å². The van der Waals surface area contributed by atoms with Gasteiger partial charge >= 0.3 is 0 Å². The van der Waals surface area contributed by atoms with Crippen LogP contribution in [0.2, 0.25) is 0 Å². The molecule has 0 aliphatic heterocycles. The van der Waals surface area contributed by atoms with Crippen molar-refractivity contribution < 1.29 is 13.2 Å². The van der Waals surface area contributed by atoms with Crippen LogP contribution in [0.15, 0.2) is 42.5 Å². The lowest BCUT2D eigenvalue weighted by atomic mass is 9.99. The second-order valence-corrected chi connectivity index (χ2v) is 8.15. The lowest BCUT2D eigenvalue weighted by Gasteiger charge is -2.17. The zero-order chi connectivity index (χ0) is 18.6. The van der Waals surface area contributed by atoms with E-state index in [1.807, 2.05) is 32.9 Å². The topological polar surface area (TPSA) is 75.3 Å². The van der Waals surface area contributed by atoms with Crippen LogP contribution >= 0.6 is 0 Å². The van der Waals surface area contributed by atoms with Gasteiger partial charge in [-0.3, -0.25) is 9.52 Å². The van der Waals surface area contributed by atoms with Gasteiger partial charge in [-0.15, -0.1) is 0 Å². The molecule has 5 nitrogen and oxygen atoms in total. The van der Waals surface area contributed by atoms with Crippen molar-refractivity contribution in [3.63, 3.8) is 0 Å². The maximum atomic E-state index is 12.4. The average molecular weight is 360 g/mol. The molecule has 134 valence electrons. The predicted molar refractivity (Wildman–Crippen MR) is 101 cm³/mol. The minimum absolute atomic E-state index is 0.00258. The summed E-state index contributed by atoms with van der Waals surface area (Å²) in [6.07, 6.45) is 0. The van der Waals surface area contributed by atoms with E-state index < -0.39 is 10.0 Å². The fourth-order valence-corrected chi connectivity index (χ4v) is 3.17. The molecule has 2 aromatic carbocycles. The van der Waals surface area contributed by atoms with Crippen molar-refractivity contribution in [3.8, 4) is 0 Å². The van der Waals surface area contributed by atoms with Crippen LogP contribution in [0.5, 0.6) is 0 Å². The molecule has 0 saturated carbocycles. The standard InChI is InChI=1S/C19H24N2O3S/c1-5-25(23,24)21-17-10-8-16(9-11-17)19(22)20-15(4)18-12-13(2)6-7-14(18)3/h6-12,15,21H,5H2,1-4H3,(H,20,22)/t15-/m1/s1. The number of anilines is 1. The van der Waals surface area contributed by atoms with Gasteiger partial charge in [0.25, 0.3) is 5.91 Å². The molecular weight excluding hydrogens is 336 g/mol. The number of aryl methyl sites for hydroxylation is 2. The first-order valence-corrected chi connectivity index (χ1v) is 9.85. The molecule has 0 aromatic heterocycles. The summed E-state index contributed by atoms with van der Waals surface area (Å²) in [4.78, 5) is 12.4. The van der Waals surface area contributed by atoms with Gasteiger partial charge in [-0.1, -0.05) is 23.8 Å². The Hall–Kier alpha value is -2.34. The molecule has 0 saturated heterocycles. The van der Waals surface area contributed by atoms with Crippen molar-refractivity contribution in [2.75, 3.05) is 10.5 Å². The third kappa shape index (κ3) is 5.06. The van der Waals surface area contributed by atoms with Gasteiger partial charge in [0.1, 0.15) is 0 Å². The minimum Gasteiger partial charge on any atom is -0.346 e. The number of hydrogen-bond donors (Lipinski definition) is 2. The third-order valence-corrected chi connectivity index (χ3v) is 5.36. The summed E-state index contributed by atoms with van der Waals surface area (Å²) >= 11 is 0. The van der Waals surface area contributed by atoms with Gasteiger partial charge in [0.2, 0.25) is 10.0 Å². The molecule has 0 unspecified atom stereocenters. The summed E-state index contributed by atoms with van der Waals surface area (Å²) in [6, 6.07) is 12.4. The first-order valence-electron chi connectivity index (χ1n) is 8.20. The normalized spacial score (nSPS) is 12.5. The molecule has 25 heavy (non-hydrogen) atoms. The second kappa shape index (κ2) is 7.70. The number of carbonyl (C=O) groups excluding carboxylic acids is 1. The van der Waals surface area contributed by atoms with E-state index >= 15 is 0 Å². The number of sulfonamides is 1. The van der Waals surface area contributed by atoms with Crippen molar-refractivity contribution in [3.05, 3.63) is 64.7 Å². The largest absolute Gasteiger partial charge is 0.346 e. The molecule has 0 aliphatic rings. The molecule has 0 fully saturated rings. The Kier molecular flexibility index (Phi) is 5.85. The van der Waals surface area contributed by atoms with E-state index in [1.165, 1.54) is 0 Å². The van der Waals surface area contributed by atoms with Gasteiger partial charge in [0.05, 0.1) is 11.8 Å². The molecule has 2 N–H and O–H groups in total. The fraction of sp³-hybridized carbons (Fsp3) is 0.316. The maximum absolute atomic E-state index is 12.4. The van der Waals surface area contributed by atoms with Gasteiger partial charge in [-0.05, 0) is 63.1 Å². The van der Waals surface area contributed by atoms with Gasteiger partial charge in [0.15, 0.2) is 0 Å². The molecule has 1 amide bonds. The highest BCUT2D eigenvalue weighted by Crippen LogP contribution is 2.20. The first-order chi connectivity index (χ1) is 11.7. The highest BCUT2D eigenvalue weighted by Gasteiger charge is 2.14. The smallest absolute Gasteiger partial charge is 0.251 e. The Bertz CT molecular complexity index is 859. The van der Waals surface area contributed by atoms with E-state index in [4.69, 9.17) is 0 Å². The number of rotatable bonds is 6. The Morgan fingerprint density at radius 1 is 1.08 bits per heavy atom. The molecular formula is C19H24N2O3S. The third-order valence-electron chi connectivity index (χ3n) is 4.05. The fourth-order valence-electron chi connectivity index (χ4n) is 2.53. The average Bonchev–Trinajstić information content (AvgIpc) is 2.57. The van der Waals surface area contributed by atoms with Crippen LogP contribution in [-0.2, 0) is 10.0 Å². The molecule has 0 heterocycles. The summed E-state index contributed by atoms with van der Waals surface area (Å²) in [7, 11) is -3.32. The Morgan fingerprint density at radius 3 is 2.32 bits per heavy atom.